The number of likely N-dealkylation sites (N-methyl/N-ethyl adjacent to an activating group) is 1. The lowest BCUT2D eigenvalue weighted by molar-refractivity contribution is 0.312. The van der Waals surface area contributed by atoms with E-state index in [-0.39, 0.29) is 0 Å². The van der Waals surface area contributed by atoms with Crippen LogP contribution in [0.15, 0.2) is 12.1 Å². The summed E-state index contributed by atoms with van der Waals surface area (Å²) in [6, 6.07) is 4.05. The molecular weight excluding hydrogens is 324 g/mol. The van der Waals surface area contributed by atoms with Crippen LogP contribution in [0.25, 0.3) is 16.7 Å². The van der Waals surface area contributed by atoms with Crippen molar-refractivity contribution in [3.8, 4) is 0 Å². The van der Waals surface area contributed by atoms with Crippen LogP contribution >= 0.6 is 11.6 Å². The fourth-order valence-corrected chi connectivity index (χ4v) is 3.66. The van der Waals surface area contributed by atoms with Crippen molar-refractivity contribution >= 4 is 34.1 Å². The normalized spacial score (nSPS) is 16.4. The zero-order valence-corrected chi connectivity index (χ0v) is 15.0. The van der Waals surface area contributed by atoms with Crippen molar-refractivity contribution in [2.45, 2.75) is 20.3 Å². The maximum atomic E-state index is 6.40. The standard InChI is InChI=1S/C17H21ClN6/c1-4-13-19-11(2)15-16(18)20-12-5-6-14(21-17(12)24(13)15)23-9-7-22(3)8-10-23/h5-6H,4,7-10H2,1-3H3. The molecule has 0 aromatic carbocycles. The highest BCUT2D eigenvalue weighted by Gasteiger charge is 2.19. The molecule has 126 valence electrons. The first-order valence-electron chi connectivity index (χ1n) is 8.36. The molecule has 0 atom stereocenters. The van der Waals surface area contributed by atoms with Crippen molar-refractivity contribution in [1.82, 2.24) is 24.3 Å². The molecule has 1 fully saturated rings. The molecule has 7 heteroatoms. The molecule has 0 saturated carbocycles. The van der Waals surface area contributed by atoms with E-state index >= 15 is 0 Å². The van der Waals surface area contributed by atoms with Gasteiger partial charge in [-0.15, -0.1) is 0 Å². The van der Waals surface area contributed by atoms with Crippen LogP contribution in [-0.4, -0.2) is 57.5 Å². The Morgan fingerprint density at radius 1 is 1.08 bits per heavy atom. The molecule has 24 heavy (non-hydrogen) atoms. The van der Waals surface area contributed by atoms with Gasteiger partial charge in [-0.1, -0.05) is 18.5 Å². The lowest BCUT2D eigenvalue weighted by Gasteiger charge is -2.33. The maximum Gasteiger partial charge on any atom is 0.167 e. The summed E-state index contributed by atoms with van der Waals surface area (Å²) in [7, 11) is 2.16. The van der Waals surface area contributed by atoms with Gasteiger partial charge < -0.3 is 9.80 Å². The molecule has 0 amide bonds. The molecule has 0 unspecified atom stereocenters. The number of nitrogens with zero attached hydrogens (tertiary/aromatic N) is 6. The van der Waals surface area contributed by atoms with E-state index < -0.39 is 0 Å². The van der Waals surface area contributed by atoms with Crippen molar-refractivity contribution in [2.24, 2.45) is 0 Å². The molecule has 6 nitrogen and oxygen atoms in total. The number of imidazole rings is 1. The summed E-state index contributed by atoms with van der Waals surface area (Å²) in [6.07, 6.45) is 0.824. The van der Waals surface area contributed by atoms with Gasteiger partial charge in [0.25, 0.3) is 0 Å². The zero-order valence-electron chi connectivity index (χ0n) is 14.3. The molecule has 4 heterocycles. The molecule has 3 aromatic heterocycles. The number of halogens is 1. The highest BCUT2D eigenvalue weighted by atomic mass is 35.5. The van der Waals surface area contributed by atoms with Gasteiger partial charge in [0.15, 0.2) is 10.8 Å². The van der Waals surface area contributed by atoms with Gasteiger partial charge in [-0.05, 0) is 26.1 Å². The van der Waals surface area contributed by atoms with Gasteiger partial charge >= 0.3 is 0 Å². The van der Waals surface area contributed by atoms with E-state index in [1.807, 2.05) is 19.1 Å². The number of aromatic nitrogens is 4. The molecule has 0 radical (unpaired) electrons. The third-order valence-electron chi connectivity index (χ3n) is 4.73. The summed E-state index contributed by atoms with van der Waals surface area (Å²) in [5.41, 5.74) is 3.41. The predicted octanol–water partition coefficient (Wildman–Crippen LogP) is 2.55. The molecule has 3 aromatic rings. The highest BCUT2D eigenvalue weighted by molar-refractivity contribution is 6.33. The smallest absolute Gasteiger partial charge is 0.167 e. The number of pyridine rings is 1. The van der Waals surface area contributed by atoms with Gasteiger partial charge in [-0.25, -0.2) is 15.0 Å². The topological polar surface area (TPSA) is 49.6 Å². The Morgan fingerprint density at radius 3 is 2.54 bits per heavy atom. The van der Waals surface area contributed by atoms with Crippen LogP contribution in [0.3, 0.4) is 0 Å². The first-order chi connectivity index (χ1) is 11.6. The van der Waals surface area contributed by atoms with Crippen LogP contribution in [0, 0.1) is 6.92 Å². The summed E-state index contributed by atoms with van der Waals surface area (Å²) in [5.74, 6) is 1.97. The lowest BCUT2D eigenvalue weighted by atomic mass is 10.3. The number of piperazine rings is 1. The van der Waals surface area contributed by atoms with Gasteiger partial charge in [0.05, 0.1) is 5.69 Å². The highest BCUT2D eigenvalue weighted by Crippen LogP contribution is 2.27. The molecule has 4 rings (SSSR count). The van der Waals surface area contributed by atoms with Crippen molar-refractivity contribution in [3.63, 3.8) is 0 Å². The number of aryl methyl sites for hydroxylation is 2. The predicted molar refractivity (Wildman–Crippen MR) is 97.1 cm³/mol. The van der Waals surface area contributed by atoms with Crippen LogP contribution < -0.4 is 4.90 Å². The summed E-state index contributed by atoms with van der Waals surface area (Å²) < 4.78 is 2.07. The molecule has 0 spiro atoms. The van der Waals surface area contributed by atoms with E-state index in [1.165, 1.54) is 0 Å². The van der Waals surface area contributed by atoms with Gasteiger partial charge in [-0.3, -0.25) is 4.40 Å². The van der Waals surface area contributed by atoms with E-state index in [9.17, 15) is 0 Å². The van der Waals surface area contributed by atoms with Crippen molar-refractivity contribution in [1.29, 1.82) is 0 Å². The minimum Gasteiger partial charge on any atom is -0.354 e. The third kappa shape index (κ3) is 2.41. The summed E-state index contributed by atoms with van der Waals surface area (Å²) in [6.45, 7) is 8.15. The fraction of sp³-hybridized carbons (Fsp3) is 0.471. The largest absolute Gasteiger partial charge is 0.354 e. The van der Waals surface area contributed by atoms with Crippen molar-refractivity contribution < 1.29 is 0 Å². The molecule has 1 aliphatic heterocycles. The molecular formula is C17H21ClN6. The Hall–Kier alpha value is -1.92. The van der Waals surface area contributed by atoms with Gasteiger partial charge in [-0.2, -0.15) is 0 Å². The minimum atomic E-state index is 0.487. The van der Waals surface area contributed by atoms with Gasteiger partial charge in [0, 0.05) is 32.6 Å². The maximum absolute atomic E-state index is 6.40. The Morgan fingerprint density at radius 2 is 1.83 bits per heavy atom. The van der Waals surface area contributed by atoms with Crippen LogP contribution in [0.1, 0.15) is 18.4 Å². The Bertz CT molecular complexity index is 910. The summed E-state index contributed by atoms with van der Waals surface area (Å²) >= 11 is 6.40. The Balaban J connectivity index is 1.92. The van der Waals surface area contributed by atoms with Gasteiger partial charge in [0.1, 0.15) is 22.7 Å². The second-order valence-electron chi connectivity index (χ2n) is 6.36. The van der Waals surface area contributed by atoms with E-state index in [2.05, 4.69) is 38.1 Å². The quantitative estimate of drug-likeness (QED) is 0.715. The Labute approximate surface area is 146 Å². The van der Waals surface area contributed by atoms with E-state index in [1.54, 1.807) is 0 Å². The van der Waals surface area contributed by atoms with E-state index in [0.29, 0.717) is 5.15 Å². The van der Waals surface area contributed by atoms with Crippen molar-refractivity contribution in [2.75, 3.05) is 38.1 Å². The molecule has 0 bridgehead atoms. The zero-order chi connectivity index (χ0) is 16.8. The molecule has 0 aliphatic carbocycles. The number of fused-ring (bicyclic) bond motifs is 3. The number of hydrogen-bond acceptors (Lipinski definition) is 5. The molecule has 0 N–H and O–H groups in total. The van der Waals surface area contributed by atoms with Crippen LogP contribution in [0.5, 0.6) is 0 Å². The second-order valence-corrected chi connectivity index (χ2v) is 6.71. The first kappa shape index (κ1) is 15.6. The fourth-order valence-electron chi connectivity index (χ4n) is 3.35. The third-order valence-corrected chi connectivity index (χ3v) is 4.99. The molecule has 1 aliphatic rings. The number of hydrogen-bond donors (Lipinski definition) is 0. The Kier molecular flexibility index (Phi) is 3.81. The van der Waals surface area contributed by atoms with E-state index in [4.69, 9.17) is 16.6 Å². The van der Waals surface area contributed by atoms with Crippen molar-refractivity contribution in [3.05, 3.63) is 28.8 Å². The lowest BCUT2D eigenvalue weighted by Crippen LogP contribution is -2.44. The first-order valence-corrected chi connectivity index (χ1v) is 8.74. The SMILES string of the molecule is CCc1nc(C)c2c(Cl)nc3ccc(N4CCN(C)CC4)nc3n12. The minimum absolute atomic E-state index is 0.487. The monoisotopic (exact) mass is 344 g/mol. The van der Waals surface area contributed by atoms with Crippen LogP contribution in [0.4, 0.5) is 5.82 Å². The summed E-state index contributed by atoms with van der Waals surface area (Å²) in [5, 5.41) is 0.487. The van der Waals surface area contributed by atoms with Crippen LogP contribution in [0.2, 0.25) is 5.15 Å². The average molecular weight is 345 g/mol. The summed E-state index contributed by atoms with van der Waals surface area (Å²) in [4.78, 5) is 18.8. The average Bonchev–Trinajstić information content (AvgIpc) is 2.93. The molecule has 1 saturated heterocycles. The number of rotatable bonds is 2. The number of anilines is 1. The van der Waals surface area contributed by atoms with Gasteiger partial charge in [0.2, 0.25) is 0 Å². The van der Waals surface area contributed by atoms with E-state index in [0.717, 1.165) is 66.6 Å². The second kappa shape index (κ2) is 5.86. The van der Waals surface area contributed by atoms with Crippen LogP contribution in [-0.2, 0) is 6.42 Å².